The molecule has 0 bridgehead atoms. The van der Waals surface area contributed by atoms with E-state index in [-0.39, 0.29) is 12.2 Å². The average molecular weight is 244 g/mol. The van der Waals surface area contributed by atoms with Gasteiger partial charge in [-0.3, -0.25) is 9.59 Å². The van der Waals surface area contributed by atoms with E-state index in [0.717, 1.165) is 5.69 Å². The fourth-order valence-electron chi connectivity index (χ4n) is 1.43. The molecule has 0 fully saturated rings. The first kappa shape index (κ1) is 11.8. The molecular formula is C12H12N4O2. The van der Waals surface area contributed by atoms with Gasteiger partial charge in [0.1, 0.15) is 0 Å². The van der Waals surface area contributed by atoms with Crippen LogP contribution in [-0.4, -0.2) is 28.1 Å². The Hall–Kier alpha value is -2.63. The molecule has 6 heteroatoms. The van der Waals surface area contributed by atoms with Crippen LogP contribution in [0.2, 0.25) is 0 Å². The standard InChI is InChI=1S/C12H12N4O2/c13-11(17)8-14-12(18)10-6-7-16(15-10)9-4-2-1-3-5-9/h1-7H,8H2,(H2,13,17)(H,14,18). The molecule has 1 aromatic carbocycles. The highest BCUT2D eigenvalue weighted by Gasteiger charge is 2.10. The number of aromatic nitrogens is 2. The molecule has 1 heterocycles. The summed E-state index contributed by atoms with van der Waals surface area (Å²) >= 11 is 0. The van der Waals surface area contributed by atoms with Gasteiger partial charge in [0.2, 0.25) is 5.91 Å². The average Bonchev–Trinajstić information content (AvgIpc) is 2.86. The van der Waals surface area contributed by atoms with Gasteiger partial charge in [-0.15, -0.1) is 0 Å². The van der Waals surface area contributed by atoms with Crippen molar-refractivity contribution in [3.8, 4) is 5.69 Å². The second kappa shape index (κ2) is 5.13. The summed E-state index contributed by atoms with van der Waals surface area (Å²) in [5.74, 6) is -1.02. The zero-order valence-electron chi connectivity index (χ0n) is 9.54. The number of hydrogen-bond acceptors (Lipinski definition) is 3. The number of nitrogens with two attached hydrogens (primary N) is 1. The van der Waals surface area contributed by atoms with Gasteiger partial charge in [-0.2, -0.15) is 5.10 Å². The zero-order chi connectivity index (χ0) is 13.0. The number of para-hydroxylation sites is 1. The molecule has 0 atom stereocenters. The SMILES string of the molecule is NC(=O)CNC(=O)c1ccn(-c2ccccc2)n1. The predicted molar refractivity (Wildman–Crippen MR) is 65.1 cm³/mol. The summed E-state index contributed by atoms with van der Waals surface area (Å²) in [7, 11) is 0. The zero-order valence-corrected chi connectivity index (χ0v) is 9.54. The molecule has 0 unspecified atom stereocenters. The molecule has 92 valence electrons. The van der Waals surface area contributed by atoms with E-state index < -0.39 is 11.8 Å². The molecule has 0 aliphatic rings. The molecule has 0 saturated heterocycles. The molecule has 2 amide bonds. The highest BCUT2D eigenvalue weighted by Crippen LogP contribution is 2.06. The van der Waals surface area contributed by atoms with Crippen molar-refractivity contribution in [2.45, 2.75) is 0 Å². The van der Waals surface area contributed by atoms with Crippen LogP contribution in [0.15, 0.2) is 42.6 Å². The number of carbonyl (C=O) groups is 2. The van der Waals surface area contributed by atoms with Crippen LogP contribution in [0.4, 0.5) is 0 Å². The van der Waals surface area contributed by atoms with E-state index >= 15 is 0 Å². The quantitative estimate of drug-likeness (QED) is 0.798. The summed E-state index contributed by atoms with van der Waals surface area (Å²) in [4.78, 5) is 22.1. The van der Waals surface area contributed by atoms with Crippen LogP contribution in [0.1, 0.15) is 10.5 Å². The molecule has 0 saturated carbocycles. The van der Waals surface area contributed by atoms with Crippen molar-refractivity contribution >= 4 is 11.8 Å². The summed E-state index contributed by atoms with van der Waals surface area (Å²) in [6, 6.07) is 11.0. The van der Waals surface area contributed by atoms with Crippen LogP contribution in [0, 0.1) is 0 Å². The van der Waals surface area contributed by atoms with Gasteiger partial charge in [0, 0.05) is 6.20 Å². The lowest BCUT2D eigenvalue weighted by atomic mass is 10.3. The Morgan fingerprint density at radius 3 is 2.61 bits per heavy atom. The first-order valence-corrected chi connectivity index (χ1v) is 5.34. The Labute approximate surface area is 103 Å². The predicted octanol–water partition coefficient (Wildman–Crippen LogP) is 0.0874. The third-order valence-electron chi connectivity index (χ3n) is 2.27. The Kier molecular flexibility index (Phi) is 3.38. The minimum atomic E-state index is -0.592. The van der Waals surface area contributed by atoms with Gasteiger partial charge >= 0.3 is 0 Å². The topological polar surface area (TPSA) is 90.0 Å². The second-order valence-electron chi connectivity index (χ2n) is 3.63. The fraction of sp³-hybridized carbons (Fsp3) is 0.0833. The van der Waals surface area contributed by atoms with E-state index in [9.17, 15) is 9.59 Å². The number of hydrogen-bond donors (Lipinski definition) is 2. The highest BCUT2D eigenvalue weighted by atomic mass is 16.2. The molecule has 2 aromatic rings. The van der Waals surface area contributed by atoms with Crippen molar-refractivity contribution < 1.29 is 9.59 Å². The lowest BCUT2D eigenvalue weighted by Crippen LogP contribution is -2.33. The number of primary amides is 1. The highest BCUT2D eigenvalue weighted by molar-refractivity contribution is 5.94. The van der Waals surface area contributed by atoms with Gasteiger partial charge in [-0.05, 0) is 18.2 Å². The molecule has 18 heavy (non-hydrogen) atoms. The Balaban J connectivity index is 2.11. The minimum absolute atomic E-state index is 0.197. The molecule has 2 rings (SSSR count). The van der Waals surface area contributed by atoms with Gasteiger partial charge < -0.3 is 11.1 Å². The Morgan fingerprint density at radius 2 is 1.94 bits per heavy atom. The number of carbonyl (C=O) groups excluding carboxylic acids is 2. The molecule has 0 spiro atoms. The number of benzene rings is 1. The lowest BCUT2D eigenvalue weighted by Gasteiger charge is -2.00. The third-order valence-corrected chi connectivity index (χ3v) is 2.27. The van der Waals surface area contributed by atoms with Crippen LogP contribution in [0.25, 0.3) is 5.69 Å². The van der Waals surface area contributed by atoms with E-state index in [0.29, 0.717) is 0 Å². The maximum Gasteiger partial charge on any atom is 0.272 e. The molecule has 1 aromatic heterocycles. The first-order chi connectivity index (χ1) is 8.66. The molecule has 0 aliphatic heterocycles. The summed E-state index contributed by atoms with van der Waals surface area (Å²) < 4.78 is 1.58. The second-order valence-corrected chi connectivity index (χ2v) is 3.63. The number of rotatable bonds is 4. The van der Waals surface area contributed by atoms with E-state index in [2.05, 4.69) is 10.4 Å². The molecular weight excluding hydrogens is 232 g/mol. The van der Waals surface area contributed by atoms with Gasteiger partial charge in [0.25, 0.3) is 5.91 Å². The van der Waals surface area contributed by atoms with Crippen LogP contribution in [-0.2, 0) is 4.79 Å². The Morgan fingerprint density at radius 1 is 1.22 bits per heavy atom. The van der Waals surface area contributed by atoms with Crippen LogP contribution in [0.3, 0.4) is 0 Å². The van der Waals surface area contributed by atoms with Crippen LogP contribution in [0.5, 0.6) is 0 Å². The minimum Gasteiger partial charge on any atom is -0.368 e. The van der Waals surface area contributed by atoms with E-state index in [4.69, 9.17) is 5.73 Å². The summed E-state index contributed by atoms with van der Waals surface area (Å²) in [5.41, 5.74) is 6.03. The third kappa shape index (κ3) is 2.73. The number of nitrogens with one attached hydrogen (secondary N) is 1. The smallest absolute Gasteiger partial charge is 0.272 e. The van der Waals surface area contributed by atoms with Gasteiger partial charge in [-0.1, -0.05) is 18.2 Å². The number of nitrogens with zero attached hydrogens (tertiary/aromatic N) is 2. The van der Waals surface area contributed by atoms with Gasteiger partial charge in [0.15, 0.2) is 5.69 Å². The molecule has 6 nitrogen and oxygen atoms in total. The molecule has 3 N–H and O–H groups in total. The molecule has 0 aliphatic carbocycles. The van der Waals surface area contributed by atoms with E-state index in [1.165, 1.54) is 0 Å². The Bertz CT molecular complexity index is 562. The van der Waals surface area contributed by atoms with Crippen LogP contribution >= 0.6 is 0 Å². The van der Waals surface area contributed by atoms with Crippen molar-refractivity contribution in [2.75, 3.05) is 6.54 Å². The maximum absolute atomic E-state index is 11.6. The van der Waals surface area contributed by atoms with Crippen molar-refractivity contribution in [1.82, 2.24) is 15.1 Å². The van der Waals surface area contributed by atoms with Crippen LogP contribution < -0.4 is 11.1 Å². The summed E-state index contributed by atoms with van der Waals surface area (Å²) in [6.45, 7) is -0.197. The summed E-state index contributed by atoms with van der Waals surface area (Å²) in [6.07, 6.45) is 1.68. The van der Waals surface area contributed by atoms with Crippen molar-refractivity contribution in [1.29, 1.82) is 0 Å². The first-order valence-electron chi connectivity index (χ1n) is 5.34. The number of amides is 2. The van der Waals surface area contributed by atoms with Crippen molar-refractivity contribution in [3.05, 3.63) is 48.3 Å². The lowest BCUT2D eigenvalue weighted by molar-refractivity contribution is -0.117. The monoisotopic (exact) mass is 244 g/mol. The summed E-state index contributed by atoms with van der Waals surface area (Å²) in [5, 5.41) is 6.48. The fourth-order valence-corrected chi connectivity index (χ4v) is 1.43. The van der Waals surface area contributed by atoms with Crippen molar-refractivity contribution in [3.63, 3.8) is 0 Å². The molecule has 0 radical (unpaired) electrons. The maximum atomic E-state index is 11.6. The largest absolute Gasteiger partial charge is 0.368 e. The normalized spacial score (nSPS) is 10.0. The van der Waals surface area contributed by atoms with E-state index in [1.807, 2.05) is 30.3 Å². The van der Waals surface area contributed by atoms with E-state index in [1.54, 1.807) is 16.9 Å². The van der Waals surface area contributed by atoms with Gasteiger partial charge in [0.05, 0.1) is 12.2 Å². The van der Waals surface area contributed by atoms with Crippen molar-refractivity contribution in [2.24, 2.45) is 5.73 Å². The van der Waals surface area contributed by atoms with Gasteiger partial charge in [-0.25, -0.2) is 4.68 Å².